The Kier molecular flexibility index (Phi) is 4.15. The highest BCUT2D eigenvalue weighted by atomic mass is 32.2. The lowest BCUT2D eigenvalue weighted by Crippen LogP contribution is -2.18. The molecule has 0 fully saturated rings. The lowest BCUT2D eigenvalue weighted by molar-refractivity contribution is 0.578. The minimum absolute atomic E-state index is 0.00792. The van der Waals surface area contributed by atoms with Crippen LogP contribution in [0.4, 0.5) is 0 Å². The normalized spacial score (nSPS) is 13.5. The minimum Gasteiger partial charge on any atom is -0.225 e. The van der Waals surface area contributed by atoms with E-state index in [4.69, 9.17) is 5.14 Å². The van der Waals surface area contributed by atoms with Crippen LogP contribution in [-0.4, -0.2) is 22.6 Å². The smallest absolute Gasteiger partial charge is 0.225 e. The first-order chi connectivity index (χ1) is 8.38. The molecule has 108 valence electrons. The van der Waals surface area contributed by atoms with Crippen molar-refractivity contribution in [3.8, 4) is 0 Å². The molecule has 0 saturated carbocycles. The van der Waals surface area contributed by atoms with Crippen LogP contribution < -0.4 is 5.14 Å². The van der Waals surface area contributed by atoms with Crippen LogP contribution in [0.1, 0.15) is 33.3 Å². The summed E-state index contributed by atoms with van der Waals surface area (Å²) in [5.74, 6) is -0.0926. The molecule has 2 N–H and O–H groups in total. The molecule has 0 aliphatic heterocycles. The third-order valence-electron chi connectivity index (χ3n) is 2.81. The quantitative estimate of drug-likeness (QED) is 0.913. The maximum Gasteiger partial charge on any atom is 0.238 e. The van der Waals surface area contributed by atoms with Crippen molar-refractivity contribution in [2.45, 2.75) is 42.9 Å². The summed E-state index contributed by atoms with van der Waals surface area (Å²) in [6, 6.07) is 4.04. The van der Waals surface area contributed by atoms with E-state index in [0.717, 1.165) is 6.07 Å². The summed E-state index contributed by atoms with van der Waals surface area (Å²) >= 11 is 0. The van der Waals surface area contributed by atoms with Crippen LogP contribution in [0.3, 0.4) is 0 Å². The van der Waals surface area contributed by atoms with E-state index in [1.807, 2.05) is 20.8 Å². The molecule has 7 heteroatoms. The van der Waals surface area contributed by atoms with E-state index >= 15 is 0 Å². The predicted molar refractivity (Wildman–Crippen MR) is 74.2 cm³/mol. The van der Waals surface area contributed by atoms with Crippen LogP contribution in [0.2, 0.25) is 0 Å². The highest BCUT2D eigenvalue weighted by Gasteiger charge is 2.22. The van der Waals surface area contributed by atoms with Gasteiger partial charge in [-0.2, -0.15) is 0 Å². The second-order valence-corrected chi connectivity index (χ2v) is 9.23. The third-order valence-corrected chi connectivity index (χ3v) is 5.42. The molecule has 0 aromatic heterocycles. The molecule has 0 bridgehead atoms. The highest BCUT2D eigenvalue weighted by molar-refractivity contribution is 7.91. The van der Waals surface area contributed by atoms with Crippen LogP contribution in [0, 0.1) is 0 Å². The summed E-state index contributed by atoms with van der Waals surface area (Å²) in [5.41, 5.74) is 0.240. The van der Waals surface area contributed by atoms with Crippen LogP contribution in [0.25, 0.3) is 0 Å². The number of sulfone groups is 1. The zero-order valence-electron chi connectivity index (χ0n) is 11.5. The molecule has 0 radical (unpaired) electrons. The summed E-state index contributed by atoms with van der Waals surface area (Å²) in [6.45, 7) is 7.13. The van der Waals surface area contributed by atoms with E-state index in [-0.39, 0.29) is 21.0 Å². The maximum absolute atomic E-state index is 11.9. The van der Waals surface area contributed by atoms with Crippen molar-refractivity contribution < 1.29 is 16.8 Å². The van der Waals surface area contributed by atoms with Crippen molar-refractivity contribution in [3.63, 3.8) is 0 Å². The van der Waals surface area contributed by atoms with Gasteiger partial charge in [-0.3, -0.25) is 0 Å². The predicted octanol–water partition coefficient (Wildman–Crippen LogP) is 1.43. The zero-order chi connectivity index (χ0) is 15.1. The Labute approximate surface area is 114 Å². The van der Waals surface area contributed by atoms with Gasteiger partial charge in [-0.25, -0.2) is 22.0 Å². The Hall–Kier alpha value is -0.920. The van der Waals surface area contributed by atoms with Crippen molar-refractivity contribution in [1.29, 1.82) is 0 Å². The van der Waals surface area contributed by atoms with Crippen LogP contribution in [0.5, 0.6) is 0 Å². The summed E-state index contributed by atoms with van der Waals surface area (Å²) in [6.07, 6.45) is 0. The molecule has 0 saturated heterocycles. The monoisotopic (exact) mass is 305 g/mol. The van der Waals surface area contributed by atoms with Gasteiger partial charge in [0.1, 0.15) is 0 Å². The molecule has 1 rings (SSSR count). The molecule has 0 atom stereocenters. The molecule has 0 heterocycles. The average Bonchev–Trinajstić information content (AvgIpc) is 2.26. The Bertz CT molecular complexity index is 683. The van der Waals surface area contributed by atoms with Gasteiger partial charge in [0.2, 0.25) is 10.0 Å². The molecule has 0 unspecified atom stereocenters. The van der Waals surface area contributed by atoms with Crippen LogP contribution in [0.15, 0.2) is 28.0 Å². The van der Waals surface area contributed by atoms with Crippen molar-refractivity contribution in [1.82, 2.24) is 0 Å². The van der Waals surface area contributed by atoms with Crippen molar-refractivity contribution in [2.75, 3.05) is 5.75 Å². The summed E-state index contributed by atoms with van der Waals surface area (Å²) in [5, 5.41) is 5.10. The first-order valence-corrected chi connectivity index (χ1v) is 8.99. The Morgan fingerprint density at radius 3 is 1.84 bits per heavy atom. The van der Waals surface area contributed by atoms with Gasteiger partial charge in [0.25, 0.3) is 0 Å². The number of nitrogens with two attached hydrogens (primary N) is 1. The third kappa shape index (κ3) is 3.77. The lowest BCUT2D eigenvalue weighted by atomic mass is 9.87. The maximum atomic E-state index is 11.9. The Morgan fingerprint density at radius 1 is 1.00 bits per heavy atom. The van der Waals surface area contributed by atoms with Gasteiger partial charge in [-0.15, -0.1) is 0 Å². The van der Waals surface area contributed by atoms with Gasteiger partial charge >= 0.3 is 0 Å². The minimum atomic E-state index is -3.94. The first-order valence-electron chi connectivity index (χ1n) is 5.79. The fourth-order valence-electron chi connectivity index (χ4n) is 1.52. The molecule has 0 amide bonds. The topological polar surface area (TPSA) is 94.3 Å². The van der Waals surface area contributed by atoms with Gasteiger partial charge in [-0.05, 0) is 29.2 Å². The molecule has 0 aliphatic carbocycles. The SMILES string of the molecule is CCS(=O)(=O)c1cc(C(C)(C)C)cc(S(N)(=O)=O)c1. The fourth-order valence-corrected chi connectivity index (χ4v) is 3.12. The van der Waals surface area contributed by atoms with Gasteiger partial charge in [0.15, 0.2) is 9.84 Å². The molecular formula is C12H19NO4S2. The Morgan fingerprint density at radius 2 is 1.47 bits per heavy atom. The molecule has 1 aromatic rings. The molecule has 0 spiro atoms. The van der Waals surface area contributed by atoms with E-state index < -0.39 is 19.9 Å². The van der Waals surface area contributed by atoms with E-state index in [2.05, 4.69) is 0 Å². The second kappa shape index (κ2) is 4.88. The first kappa shape index (κ1) is 16.1. The van der Waals surface area contributed by atoms with E-state index in [9.17, 15) is 16.8 Å². The van der Waals surface area contributed by atoms with Gasteiger partial charge < -0.3 is 0 Å². The van der Waals surface area contributed by atoms with E-state index in [1.165, 1.54) is 19.1 Å². The molecular weight excluding hydrogens is 286 g/mol. The number of benzene rings is 1. The number of hydrogen-bond donors (Lipinski definition) is 1. The second-order valence-electron chi connectivity index (χ2n) is 5.39. The van der Waals surface area contributed by atoms with Crippen LogP contribution >= 0.6 is 0 Å². The Balaban J connectivity index is 3.70. The largest absolute Gasteiger partial charge is 0.238 e. The molecule has 1 aromatic carbocycles. The highest BCUT2D eigenvalue weighted by Crippen LogP contribution is 2.28. The number of primary sulfonamides is 1. The van der Waals surface area contributed by atoms with E-state index in [0.29, 0.717) is 5.56 Å². The fraction of sp³-hybridized carbons (Fsp3) is 0.500. The molecule has 5 nitrogen and oxygen atoms in total. The standard InChI is InChI=1S/C12H19NO4S2/c1-5-18(14,15)10-6-9(12(2,3)4)7-11(8-10)19(13,16)17/h6-8H,5H2,1-4H3,(H2,13,16,17). The van der Waals surface area contributed by atoms with Gasteiger partial charge in [-0.1, -0.05) is 27.7 Å². The average molecular weight is 305 g/mol. The van der Waals surface area contributed by atoms with Crippen molar-refractivity contribution in [3.05, 3.63) is 23.8 Å². The van der Waals surface area contributed by atoms with Crippen molar-refractivity contribution >= 4 is 19.9 Å². The number of rotatable bonds is 3. The number of hydrogen-bond acceptors (Lipinski definition) is 4. The lowest BCUT2D eigenvalue weighted by Gasteiger charge is -2.20. The summed E-state index contributed by atoms with van der Waals surface area (Å²) < 4.78 is 46.8. The number of sulfonamides is 1. The zero-order valence-corrected chi connectivity index (χ0v) is 13.1. The van der Waals surface area contributed by atoms with Crippen LogP contribution in [-0.2, 0) is 25.3 Å². The van der Waals surface area contributed by atoms with Gasteiger partial charge in [0.05, 0.1) is 15.5 Å². The van der Waals surface area contributed by atoms with E-state index in [1.54, 1.807) is 0 Å². The van der Waals surface area contributed by atoms with Gasteiger partial charge in [0, 0.05) is 0 Å². The summed E-state index contributed by atoms with van der Waals surface area (Å²) in [4.78, 5) is -0.182. The molecule has 19 heavy (non-hydrogen) atoms. The summed E-state index contributed by atoms with van der Waals surface area (Å²) in [7, 11) is -7.42. The molecule has 0 aliphatic rings. The van der Waals surface area contributed by atoms with Crippen molar-refractivity contribution in [2.24, 2.45) is 5.14 Å².